The highest BCUT2D eigenvalue weighted by Crippen LogP contribution is 2.22. The van der Waals surface area contributed by atoms with Crippen LogP contribution in [-0.4, -0.2) is 115 Å². The van der Waals surface area contributed by atoms with E-state index in [0.29, 0.717) is 79.0 Å². The molecule has 0 saturated carbocycles. The molecule has 0 aromatic carbocycles. The van der Waals surface area contributed by atoms with Crippen LogP contribution in [0, 0.1) is 0 Å². The minimum Gasteiger partial charge on any atom is -0.262 e. The third kappa shape index (κ3) is 11.1. The van der Waals surface area contributed by atoms with E-state index < -0.39 is 0 Å². The molecule has 0 fully saturated rings. The smallest absolute Gasteiger partial charge is 0.198 e. The van der Waals surface area contributed by atoms with Crippen molar-refractivity contribution in [2.75, 3.05) is 0 Å². The monoisotopic (exact) mass is 973 g/mol. The summed E-state index contributed by atoms with van der Waals surface area (Å²) in [7, 11) is 0. The summed E-state index contributed by atoms with van der Waals surface area (Å²) in [5.41, 5.74) is 6.94. The summed E-state index contributed by atoms with van der Waals surface area (Å²) in [4.78, 5) is 58.9. The molecule has 0 aliphatic carbocycles. The second-order valence-electron chi connectivity index (χ2n) is 14.2. The van der Waals surface area contributed by atoms with Crippen LogP contribution in [-0.2, 0) is 0 Å². The molecular weight excluding hydrogens is 946 g/mol. The molecule has 0 radical (unpaired) electrons. The van der Waals surface area contributed by atoms with E-state index in [0.717, 1.165) is 17.1 Å². The Hall–Kier alpha value is -10.0. The molecule has 0 aliphatic heterocycles. The van der Waals surface area contributed by atoms with Gasteiger partial charge in [0.1, 0.15) is 22.8 Å². The van der Waals surface area contributed by atoms with Crippen LogP contribution in [0.2, 0.25) is 10.0 Å². The molecule has 0 aliphatic rings. The Morgan fingerprint density at radius 2 is 0.690 bits per heavy atom. The maximum Gasteiger partial charge on any atom is 0.198 e. The normalized spacial score (nSPS) is 10.7. The molecule has 23 nitrogen and oxygen atoms in total. The fourth-order valence-corrected chi connectivity index (χ4v) is 6.39. The second-order valence-corrected chi connectivity index (χ2v) is 15.1. The van der Waals surface area contributed by atoms with E-state index in [1.54, 1.807) is 113 Å². The first-order valence-corrected chi connectivity index (χ1v) is 21.6. The van der Waals surface area contributed by atoms with Crippen molar-refractivity contribution in [1.82, 2.24) is 115 Å². The van der Waals surface area contributed by atoms with E-state index in [1.165, 1.54) is 24.8 Å². The Morgan fingerprint density at radius 1 is 0.296 bits per heavy atom. The Labute approximate surface area is 410 Å². The van der Waals surface area contributed by atoms with Crippen LogP contribution in [0.25, 0.3) is 86.0 Å². The Bertz CT molecular complexity index is 3460. The van der Waals surface area contributed by atoms with Gasteiger partial charge in [-0.3, -0.25) is 15.0 Å². The van der Waals surface area contributed by atoms with Crippen molar-refractivity contribution < 1.29 is 0 Å². The summed E-state index contributed by atoms with van der Waals surface area (Å²) in [6.07, 6.45) is 28.2. The van der Waals surface area contributed by atoms with Crippen molar-refractivity contribution in [3.63, 3.8) is 0 Å². The lowest BCUT2D eigenvalue weighted by Gasteiger charge is -2.01. The van der Waals surface area contributed by atoms with Crippen LogP contribution in [0.15, 0.2) is 178 Å². The van der Waals surface area contributed by atoms with Gasteiger partial charge in [0.25, 0.3) is 0 Å². The number of nitrogens with zero attached hydrogens (tertiary/aromatic N) is 23. The second kappa shape index (κ2) is 21.3. The molecule has 0 amide bonds. The zero-order valence-electron chi connectivity index (χ0n) is 36.3. The highest BCUT2D eigenvalue weighted by molar-refractivity contribution is 6.30. The van der Waals surface area contributed by atoms with E-state index in [-0.39, 0.29) is 0 Å². The first-order chi connectivity index (χ1) is 35.0. The molecule has 0 bridgehead atoms. The van der Waals surface area contributed by atoms with Gasteiger partial charge < -0.3 is 0 Å². The summed E-state index contributed by atoms with van der Waals surface area (Å²) in [5, 5.41) is 25.7. The van der Waals surface area contributed by atoms with Crippen LogP contribution in [0.5, 0.6) is 0 Å². The van der Waals surface area contributed by atoms with Gasteiger partial charge in [0.15, 0.2) is 29.1 Å². The van der Waals surface area contributed by atoms with Crippen LogP contribution >= 0.6 is 23.2 Å². The summed E-state index contributed by atoms with van der Waals surface area (Å²) >= 11 is 11.6. The summed E-state index contributed by atoms with van der Waals surface area (Å²) in [6.45, 7) is 0. The predicted molar refractivity (Wildman–Crippen MR) is 256 cm³/mol. The average Bonchev–Trinajstić information content (AvgIpc) is 4.27. The lowest BCUT2D eigenvalue weighted by atomic mass is 10.2. The number of rotatable bonds is 9. The molecule has 342 valence electrons. The molecule has 0 saturated heterocycles. The fraction of sp³-hybridized carbons (Fsp3) is 0. The van der Waals surface area contributed by atoms with Gasteiger partial charge in [-0.2, -0.15) is 0 Å². The van der Waals surface area contributed by atoms with E-state index >= 15 is 0 Å². The van der Waals surface area contributed by atoms with Gasteiger partial charge in [0, 0.05) is 68.2 Å². The average molecular weight is 975 g/mol. The lowest BCUT2D eigenvalue weighted by molar-refractivity contribution is 0.800. The number of pyridine rings is 4. The van der Waals surface area contributed by atoms with Gasteiger partial charge in [-0.05, 0) is 66.7 Å². The molecular formula is C46H29Cl2N23. The summed E-state index contributed by atoms with van der Waals surface area (Å²) < 4.78 is 4.92. The predicted octanol–water partition coefficient (Wildman–Crippen LogP) is 6.64. The molecule has 0 N–H and O–H groups in total. The van der Waals surface area contributed by atoms with Gasteiger partial charge in [-0.25, -0.2) is 68.9 Å². The van der Waals surface area contributed by atoms with Crippen LogP contribution in [0.4, 0.5) is 0 Å². The zero-order chi connectivity index (χ0) is 48.2. The van der Waals surface area contributed by atoms with Crippen LogP contribution in [0.3, 0.4) is 0 Å². The lowest BCUT2D eigenvalue weighted by Crippen LogP contribution is -1.96. The first-order valence-electron chi connectivity index (χ1n) is 20.8. The molecule has 12 aromatic heterocycles. The minimum absolute atomic E-state index is 0.389. The van der Waals surface area contributed by atoms with Crippen LogP contribution in [0.1, 0.15) is 0 Å². The third-order valence-corrected chi connectivity index (χ3v) is 9.88. The SMILES string of the molecule is Clc1cnc(-c2cccc(-c3cn(-c4cccnc4)nn3)n2)nc1.Clc1cnc(-c2nccc(-c3cn(-c4cccnc4)nn3)n2)nc1.c1cnc(-c2nccc(-c3cn(-c4cccnc4)nn3)n2)nc1. The van der Waals surface area contributed by atoms with E-state index in [4.69, 9.17) is 23.2 Å². The molecule has 0 atom stereocenters. The quantitative estimate of drug-likeness (QED) is 0.147. The first kappa shape index (κ1) is 44.8. The Balaban J connectivity index is 0.000000123. The Morgan fingerprint density at radius 3 is 1.13 bits per heavy atom. The van der Waals surface area contributed by atoms with Crippen LogP contribution < -0.4 is 0 Å². The third-order valence-electron chi connectivity index (χ3n) is 9.49. The largest absolute Gasteiger partial charge is 0.262 e. The fourth-order valence-electron chi connectivity index (χ4n) is 6.20. The maximum atomic E-state index is 5.82. The van der Waals surface area contributed by atoms with Gasteiger partial charge >= 0.3 is 0 Å². The zero-order valence-corrected chi connectivity index (χ0v) is 37.8. The highest BCUT2D eigenvalue weighted by atomic mass is 35.5. The molecule has 0 unspecified atom stereocenters. The van der Waals surface area contributed by atoms with E-state index in [1.807, 2.05) is 54.6 Å². The highest BCUT2D eigenvalue weighted by Gasteiger charge is 2.14. The molecule has 12 aromatic rings. The number of hydrogen-bond acceptors (Lipinski definition) is 20. The van der Waals surface area contributed by atoms with Gasteiger partial charge in [0.05, 0.1) is 81.4 Å². The van der Waals surface area contributed by atoms with E-state index in [9.17, 15) is 0 Å². The molecule has 12 heterocycles. The van der Waals surface area contributed by atoms with E-state index in [2.05, 4.69) is 101 Å². The Kier molecular flexibility index (Phi) is 13.5. The van der Waals surface area contributed by atoms with Gasteiger partial charge in [-0.15, -0.1) is 15.3 Å². The number of hydrogen-bond donors (Lipinski definition) is 0. The van der Waals surface area contributed by atoms with Crippen molar-refractivity contribution >= 4 is 23.2 Å². The van der Waals surface area contributed by atoms with Gasteiger partial charge in [0.2, 0.25) is 0 Å². The molecule has 71 heavy (non-hydrogen) atoms. The number of halogens is 2. The van der Waals surface area contributed by atoms with Crippen molar-refractivity contribution in [3.05, 3.63) is 188 Å². The molecule has 0 spiro atoms. The standard InChI is InChI=1S/C16H10ClN7.C15H9ClN8.C15H10N8/c17-11-7-19-16(20-8-11)14-5-1-4-13(21-14)15-10-24(23-22-15)12-3-2-6-18-9-12;16-10-6-19-14(20-7-10)15-18-5-3-12(21-15)13-9-24(23-22-13)11-2-1-4-17-8-11;1-3-11(9-16-5-1)23-10-13(21-22-23)12-4-8-19-15(20-12)14-17-6-2-7-18-14/h1-10H;1-9H;1-10H. The van der Waals surface area contributed by atoms with Crippen molar-refractivity contribution in [1.29, 1.82) is 0 Å². The number of aromatic nitrogens is 23. The summed E-state index contributed by atoms with van der Waals surface area (Å²) in [6, 6.07) is 22.0. The van der Waals surface area contributed by atoms with Crippen molar-refractivity contribution in [2.45, 2.75) is 0 Å². The summed E-state index contributed by atoms with van der Waals surface area (Å²) in [5.74, 6) is 2.19. The van der Waals surface area contributed by atoms with Crippen molar-refractivity contribution in [3.8, 4) is 86.0 Å². The van der Waals surface area contributed by atoms with Crippen molar-refractivity contribution in [2.24, 2.45) is 0 Å². The molecule has 25 heteroatoms. The topological polar surface area (TPSA) is 273 Å². The molecule has 12 rings (SSSR count). The minimum atomic E-state index is 0.389. The van der Waals surface area contributed by atoms with Gasteiger partial charge in [-0.1, -0.05) is 44.9 Å². The maximum absolute atomic E-state index is 5.82.